The maximum absolute atomic E-state index is 13.5. The Morgan fingerprint density at radius 1 is 1.09 bits per heavy atom. The van der Waals surface area contributed by atoms with Crippen LogP contribution in [0.1, 0.15) is 46.2 Å². The summed E-state index contributed by atoms with van der Waals surface area (Å²) in [4.78, 5) is 33.3. The van der Waals surface area contributed by atoms with E-state index in [1.807, 2.05) is 17.9 Å². The van der Waals surface area contributed by atoms with E-state index in [1.54, 1.807) is 18.2 Å². The minimum Gasteiger partial charge on any atom is -0.342 e. The summed E-state index contributed by atoms with van der Waals surface area (Å²) in [6.07, 6.45) is 1.64. The Morgan fingerprint density at radius 3 is 2.66 bits per heavy atom. The first-order chi connectivity index (χ1) is 16.7. The summed E-state index contributed by atoms with van der Waals surface area (Å²) in [5, 5.41) is 0.504. The van der Waals surface area contributed by atoms with Crippen molar-refractivity contribution in [3.8, 4) is 11.1 Å². The molecule has 0 spiro atoms. The van der Waals surface area contributed by atoms with Gasteiger partial charge in [-0.2, -0.15) is 0 Å². The highest BCUT2D eigenvalue weighted by Gasteiger charge is 2.31. The number of aryl methyl sites for hydroxylation is 3. The van der Waals surface area contributed by atoms with Crippen molar-refractivity contribution in [1.82, 2.24) is 14.9 Å². The van der Waals surface area contributed by atoms with Crippen molar-refractivity contribution >= 4 is 29.6 Å². The SMILES string of the molecule is CCCN(Cc1cc(-c2ccc3nc(C)[nH]c3c2)ccc1C)C(=O)c1ccc2c(c1)CCP2(=O)O. The van der Waals surface area contributed by atoms with Crippen molar-refractivity contribution in [2.45, 2.75) is 40.2 Å². The summed E-state index contributed by atoms with van der Waals surface area (Å²) >= 11 is 0. The Kier molecular flexibility index (Phi) is 6.12. The number of carbonyl (C=O) groups excluding carboxylic acids is 1. The van der Waals surface area contributed by atoms with Crippen LogP contribution in [0.25, 0.3) is 22.2 Å². The van der Waals surface area contributed by atoms with E-state index >= 15 is 0 Å². The highest BCUT2D eigenvalue weighted by atomic mass is 31.2. The monoisotopic (exact) mass is 487 g/mol. The first-order valence-corrected chi connectivity index (χ1v) is 13.9. The fourth-order valence-corrected chi connectivity index (χ4v) is 6.62. The number of fused-ring (bicyclic) bond motifs is 2. The number of hydrogen-bond donors (Lipinski definition) is 2. The number of imidazole rings is 1. The summed E-state index contributed by atoms with van der Waals surface area (Å²) in [5.74, 6) is 0.845. The third-order valence-corrected chi connectivity index (χ3v) is 8.83. The molecule has 0 radical (unpaired) electrons. The van der Waals surface area contributed by atoms with Gasteiger partial charge in [0.05, 0.1) is 11.0 Å². The molecule has 2 heterocycles. The fourth-order valence-electron chi connectivity index (χ4n) is 4.90. The zero-order valence-electron chi connectivity index (χ0n) is 20.3. The van der Waals surface area contributed by atoms with E-state index in [-0.39, 0.29) is 12.1 Å². The van der Waals surface area contributed by atoms with Crippen LogP contribution in [0, 0.1) is 13.8 Å². The lowest BCUT2D eigenvalue weighted by Crippen LogP contribution is -2.32. The van der Waals surface area contributed by atoms with E-state index in [9.17, 15) is 14.3 Å². The smallest absolute Gasteiger partial charge is 0.254 e. The molecule has 1 aliphatic rings. The maximum Gasteiger partial charge on any atom is 0.254 e. The van der Waals surface area contributed by atoms with E-state index in [2.05, 4.69) is 54.1 Å². The van der Waals surface area contributed by atoms with Crippen LogP contribution in [0.3, 0.4) is 0 Å². The van der Waals surface area contributed by atoms with Crippen LogP contribution in [0.15, 0.2) is 54.6 Å². The van der Waals surface area contributed by atoms with E-state index in [4.69, 9.17) is 0 Å². The third-order valence-electron chi connectivity index (χ3n) is 6.81. The van der Waals surface area contributed by atoms with Crippen LogP contribution in [0.4, 0.5) is 0 Å². The quantitative estimate of drug-likeness (QED) is 0.359. The number of rotatable bonds is 6. The summed E-state index contributed by atoms with van der Waals surface area (Å²) in [7, 11) is -3.26. The summed E-state index contributed by atoms with van der Waals surface area (Å²) < 4.78 is 12.3. The van der Waals surface area contributed by atoms with Crippen LogP contribution in [-0.4, -0.2) is 38.4 Å². The Bertz CT molecular complexity index is 1490. The number of amides is 1. The average Bonchev–Trinajstić information content (AvgIpc) is 3.36. The largest absolute Gasteiger partial charge is 0.342 e. The van der Waals surface area contributed by atoms with Gasteiger partial charge in [-0.15, -0.1) is 0 Å². The number of carbonyl (C=O) groups is 1. The van der Waals surface area contributed by atoms with Crippen molar-refractivity contribution < 1.29 is 14.3 Å². The number of hydrogen-bond acceptors (Lipinski definition) is 3. The molecule has 6 nitrogen and oxygen atoms in total. The second-order valence-corrected chi connectivity index (χ2v) is 11.8. The molecule has 0 aliphatic carbocycles. The Balaban J connectivity index is 1.44. The summed E-state index contributed by atoms with van der Waals surface area (Å²) in [5.41, 5.74) is 7.79. The van der Waals surface area contributed by atoms with Crippen LogP contribution in [-0.2, 0) is 17.5 Å². The topological polar surface area (TPSA) is 86.3 Å². The second-order valence-electron chi connectivity index (χ2n) is 9.44. The molecule has 180 valence electrons. The molecule has 2 N–H and O–H groups in total. The van der Waals surface area contributed by atoms with E-state index in [0.717, 1.165) is 51.1 Å². The number of H-pyrrole nitrogens is 1. The first kappa shape index (κ1) is 23.5. The van der Waals surface area contributed by atoms with Crippen molar-refractivity contribution in [2.24, 2.45) is 0 Å². The Hall–Kier alpha value is -3.21. The maximum atomic E-state index is 13.5. The summed E-state index contributed by atoms with van der Waals surface area (Å²) in [6.45, 7) is 7.23. The van der Waals surface area contributed by atoms with Gasteiger partial charge in [0, 0.05) is 30.1 Å². The van der Waals surface area contributed by atoms with Gasteiger partial charge in [0.15, 0.2) is 0 Å². The van der Waals surface area contributed by atoms with Gasteiger partial charge in [-0.05, 0) is 90.9 Å². The summed E-state index contributed by atoms with van der Waals surface area (Å²) in [6, 6.07) is 17.8. The molecular weight excluding hydrogens is 457 g/mol. The Labute approximate surface area is 205 Å². The molecule has 0 bridgehead atoms. The number of nitrogens with zero attached hydrogens (tertiary/aromatic N) is 2. The second kappa shape index (κ2) is 9.10. The zero-order valence-corrected chi connectivity index (χ0v) is 21.2. The van der Waals surface area contributed by atoms with Gasteiger partial charge < -0.3 is 14.8 Å². The highest BCUT2D eigenvalue weighted by Crippen LogP contribution is 2.45. The standard InChI is InChI=1S/C28H30N3O3P/c1-4-12-31(28(32)23-8-10-27-22(15-23)11-13-35(27,33)34)17-24-14-20(6-5-18(24)2)21-7-9-25-26(16-21)30-19(3)29-25/h5-10,14-16H,4,11-13,17H2,1-3H3,(H,29,30)(H,33,34). The van der Waals surface area contributed by atoms with Gasteiger partial charge in [0.1, 0.15) is 5.82 Å². The molecule has 0 saturated heterocycles. The molecule has 0 fully saturated rings. The lowest BCUT2D eigenvalue weighted by atomic mass is 9.98. The molecule has 4 aromatic rings. The average molecular weight is 488 g/mol. The number of benzene rings is 3. The molecular formula is C28H30N3O3P. The highest BCUT2D eigenvalue weighted by molar-refractivity contribution is 7.66. The molecule has 35 heavy (non-hydrogen) atoms. The predicted molar refractivity (Wildman–Crippen MR) is 141 cm³/mol. The van der Waals surface area contributed by atoms with Crippen LogP contribution >= 0.6 is 7.37 Å². The Morgan fingerprint density at radius 2 is 1.86 bits per heavy atom. The van der Waals surface area contributed by atoms with Gasteiger partial charge in [-0.25, -0.2) is 4.98 Å². The minimum absolute atomic E-state index is 0.0477. The van der Waals surface area contributed by atoms with Gasteiger partial charge in [0.2, 0.25) is 7.37 Å². The van der Waals surface area contributed by atoms with Gasteiger partial charge in [-0.1, -0.05) is 25.1 Å². The minimum atomic E-state index is -3.26. The van der Waals surface area contributed by atoms with Gasteiger partial charge in [0.25, 0.3) is 5.91 Å². The van der Waals surface area contributed by atoms with E-state index in [1.165, 1.54) is 0 Å². The molecule has 7 heteroatoms. The molecule has 5 rings (SSSR count). The molecule has 1 atom stereocenters. The number of aromatic amines is 1. The van der Waals surface area contributed by atoms with E-state index in [0.29, 0.717) is 30.4 Å². The zero-order chi connectivity index (χ0) is 24.7. The molecule has 0 saturated carbocycles. The van der Waals surface area contributed by atoms with Crippen molar-refractivity contribution in [1.29, 1.82) is 0 Å². The van der Waals surface area contributed by atoms with Crippen LogP contribution < -0.4 is 5.30 Å². The number of aromatic nitrogens is 2. The van der Waals surface area contributed by atoms with Gasteiger partial charge >= 0.3 is 0 Å². The first-order valence-electron chi connectivity index (χ1n) is 12.1. The number of nitrogens with one attached hydrogen (secondary N) is 1. The van der Waals surface area contributed by atoms with Gasteiger partial charge in [-0.3, -0.25) is 9.36 Å². The lowest BCUT2D eigenvalue weighted by molar-refractivity contribution is 0.0743. The third kappa shape index (κ3) is 4.56. The van der Waals surface area contributed by atoms with Crippen molar-refractivity contribution in [3.05, 3.63) is 82.7 Å². The molecule has 3 aromatic carbocycles. The molecule has 1 unspecified atom stereocenters. The fraction of sp³-hybridized carbons (Fsp3) is 0.286. The normalized spacial score (nSPS) is 17.0. The molecule has 1 aromatic heterocycles. The molecule has 1 aliphatic heterocycles. The van der Waals surface area contributed by atoms with Crippen LogP contribution in [0.5, 0.6) is 0 Å². The van der Waals surface area contributed by atoms with Crippen LogP contribution in [0.2, 0.25) is 0 Å². The van der Waals surface area contributed by atoms with Crippen molar-refractivity contribution in [3.63, 3.8) is 0 Å². The van der Waals surface area contributed by atoms with E-state index < -0.39 is 7.37 Å². The van der Waals surface area contributed by atoms with Crippen molar-refractivity contribution in [2.75, 3.05) is 12.7 Å². The predicted octanol–water partition coefficient (Wildman–Crippen LogP) is 5.35. The molecule has 1 amide bonds. The lowest BCUT2D eigenvalue weighted by Gasteiger charge is -2.24.